The van der Waals surface area contributed by atoms with E-state index in [4.69, 9.17) is 4.74 Å². The van der Waals surface area contributed by atoms with Crippen molar-refractivity contribution in [3.8, 4) is 0 Å². The standard InChI is InChI=1S/C39H78N2O3/c1-5-7-9-11-13-15-17-19-20-21-22-24-26-28-30-33-38(42)40-34-32-35-41(3,4)37-39(43)44-36-31-29-27-25-23-18-16-14-12-10-8-6-2/h5-37H2,1-4H3/p+1. The predicted molar refractivity (Wildman–Crippen MR) is 191 cm³/mol. The Labute approximate surface area is 276 Å². The minimum Gasteiger partial charge on any atom is -0.462 e. The number of carbonyl (C=O) groups is 2. The molecule has 0 bridgehead atoms. The van der Waals surface area contributed by atoms with Crippen LogP contribution in [-0.2, 0) is 14.3 Å². The number of rotatable bonds is 35. The second kappa shape index (κ2) is 33.3. The Hall–Kier alpha value is -1.10. The van der Waals surface area contributed by atoms with Gasteiger partial charge in [0, 0.05) is 19.4 Å². The molecule has 0 aromatic carbocycles. The van der Waals surface area contributed by atoms with E-state index in [1.54, 1.807) is 0 Å². The number of quaternary nitrogens is 1. The topological polar surface area (TPSA) is 55.4 Å². The van der Waals surface area contributed by atoms with Crippen LogP contribution in [0, 0.1) is 0 Å². The quantitative estimate of drug-likeness (QED) is 0.0434. The van der Waals surface area contributed by atoms with Crippen LogP contribution in [0.3, 0.4) is 0 Å². The zero-order valence-electron chi connectivity index (χ0n) is 30.5. The molecule has 0 aliphatic carbocycles. The highest BCUT2D eigenvalue weighted by atomic mass is 16.5. The van der Waals surface area contributed by atoms with E-state index in [1.807, 2.05) is 0 Å². The minimum atomic E-state index is -0.102. The first-order chi connectivity index (χ1) is 21.4. The van der Waals surface area contributed by atoms with Gasteiger partial charge < -0.3 is 14.5 Å². The van der Waals surface area contributed by atoms with Crippen molar-refractivity contribution in [3.05, 3.63) is 0 Å². The molecule has 262 valence electrons. The summed E-state index contributed by atoms with van der Waals surface area (Å²) in [6.45, 7) is 7.04. The molecule has 0 aromatic heterocycles. The highest BCUT2D eigenvalue weighted by Gasteiger charge is 2.20. The maximum Gasteiger partial charge on any atom is 0.361 e. The molecule has 44 heavy (non-hydrogen) atoms. The molecule has 0 spiro atoms. The van der Waals surface area contributed by atoms with Crippen LogP contribution in [0.5, 0.6) is 0 Å². The molecular weight excluding hydrogens is 544 g/mol. The molecule has 0 saturated heterocycles. The summed E-state index contributed by atoms with van der Waals surface area (Å²) in [4.78, 5) is 24.5. The Kier molecular flexibility index (Phi) is 32.4. The fraction of sp³-hybridized carbons (Fsp3) is 0.949. The fourth-order valence-corrected chi connectivity index (χ4v) is 6.08. The van der Waals surface area contributed by atoms with Gasteiger partial charge in [0.2, 0.25) is 5.91 Å². The summed E-state index contributed by atoms with van der Waals surface area (Å²) in [7, 11) is 4.14. The molecule has 5 nitrogen and oxygen atoms in total. The summed E-state index contributed by atoms with van der Waals surface area (Å²) in [6, 6.07) is 0. The lowest BCUT2D eigenvalue weighted by Gasteiger charge is -2.28. The van der Waals surface area contributed by atoms with Crippen LogP contribution in [-0.4, -0.2) is 56.7 Å². The van der Waals surface area contributed by atoms with Gasteiger partial charge >= 0.3 is 5.97 Å². The first-order valence-corrected chi connectivity index (χ1v) is 19.7. The van der Waals surface area contributed by atoms with Gasteiger partial charge in [-0.1, -0.05) is 174 Å². The van der Waals surface area contributed by atoms with Gasteiger partial charge in [-0.15, -0.1) is 0 Å². The van der Waals surface area contributed by atoms with Crippen molar-refractivity contribution in [2.45, 2.75) is 200 Å². The van der Waals surface area contributed by atoms with Crippen LogP contribution < -0.4 is 5.32 Å². The summed E-state index contributed by atoms with van der Waals surface area (Å²) in [5.41, 5.74) is 0. The van der Waals surface area contributed by atoms with Crippen LogP contribution in [0.4, 0.5) is 0 Å². The molecule has 0 saturated carbocycles. The Balaban J connectivity index is 3.49. The average molecular weight is 624 g/mol. The van der Waals surface area contributed by atoms with Gasteiger partial charge in [0.1, 0.15) is 0 Å². The van der Waals surface area contributed by atoms with Crippen LogP contribution in [0.1, 0.15) is 200 Å². The van der Waals surface area contributed by atoms with E-state index >= 15 is 0 Å². The third kappa shape index (κ3) is 33.8. The first kappa shape index (κ1) is 42.9. The largest absolute Gasteiger partial charge is 0.462 e. The normalized spacial score (nSPS) is 11.6. The molecule has 0 aromatic rings. The van der Waals surface area contributed by atoms with Gasteiger partial charge in [0.05, 0.1) is 27.2 Å². The Bertz CT molecular complexity index is 622. The summed E-state index contributed by atoms with van der Waals surface area (Å²) in [5, 5.41) is 3.07. The molecule has 1 N–H and O–H groups in total. The van der Waals surface area contributed by atoms with E-state index < -0.39 is 0 Å². The monoisotopic (exact) mass is 624 g/mol. The molecule has 0 radical (unpaired) electrons. The zero-order chi connectivity index (χ0) is 32.4. The van der Waals surface area contributed by atoms with Crippen LogP contribution >= 0.6 is 0 Å². The average Bonchev–Trinajstić information content (AvgIpc) is 2.99. The van der Waals surface area contributed by atoms with Crippen LogP contribution in [0.15, 0.2) is 0 Å². The number of carbonyl (C=O) groups excluding carboxylic acids is 2. The molecule has 0 atom stereocenters. The molecule has 0 aliphatic heterocycles. The summed E-state index contributed by atoms with van der Waals surface area (Å²) in [5.74, 6) is 0.0714. The van der Waals surface area contributed by atoms with Crippen molar-refractivity contribution >= 4 is 11.9 Å². The van der Waals surface area contributed by atoms with Crippen molar-refractivity contribution in [1.29, 1.82) is 0 Å². The Morgan fingerprint density at radius 1 is 0.500 bits per heavy atom. The summed E-state index contributed by atoms with van der Waals surface area (Å²) >= 11 is 0. The van der Waals surface area contributed by atoms with Crippen LogP contribution in [0.2, 0.25) is 0 Å². The zero-order valence-corrected chi connectivity index (χ0v) is 30.5. The van der Waals surface area contributed by atoms with E-state index in [0.29, 0.717) is 30.6 Å². The van der Waals surface area contributed by atoms with Gasteiger partial charge in [-0.05, 0) is 12.8 Å². The molecular formula is C39H79N2O3+. The van der Waals surface area contributed by atoms with E-state index in [1.165, 1.54) is 148 Å². The third-order valence-electron chi connectivity index (χ3n) is 9.09. The molecule has 1 amide bonds. The number of nitrogens with one attached hydrogen (secondary N) is 1. The van der Waals surface area contributed by atoms with E-state index in [9.17, 15) is 9.59 Å². The first-order valence-electron chi connectivity index (χ1n) is 19.7. The third-order valence-corrected chi connectivity index (χ3v) is 9.09. The number of unbranched alkanes of at least 4 members (excludes halogenated alkanes) is 25. The lowest BCUT2D eigenvalue weighted by molar-refractivity contribution is -0.883. The van der Waals surface area contributed by atoms with Gasteiger partial charge in [-0.25, -0.2) is 4.79 Å². The number of ether oxygens (including phenoxy) is 1. The van der Waals surface area contributed by atoms with Crippen molar-refractivity contribution in [2.24, 2.45) is 0 Å². The van der Waals surface area contributed by atoms with Gasteiger partial charge in [0.25, 0.3) is 0 Å². The fourth-order valence-electron chi connectivity index (χ4n) is 6.08. The number of esters is 1. The lowest BCUT2D eigenvalue weighted by Crippen LogP contribution is -2.46. The molecule has 0 rings (SSSR count). The van der Waals surface area contributed by atoms with Crippen molar-refractivity contribution in [2.75, 3.05) is 40.3 Å². The summed E-state index contributed by atoms with van der Waals surface area (Å²) < 4.78 is 6.11. The number of nitrogens with zero attached hydrogens (tertiary/aromatic N) is 1. The van der Waals surface area contributed by atoms with Crippen molar-refractivity contribution in [1.82, 2.24) is 5.32 Å². The Morgan fingerprint density at radius 3 is 1.27 bits per heavy atom. The lowest BCUT2D eigenvalue weighted by atomic mass is 10.0. The molecule has 5 heteroatoms. The Morgan fingerprint density at radius 2 is 0.864 bits per heavy atom. The van der Waals surface area contributed by atoms with Crippen LogP contribution in [0.25, 0.3) is 0 Å². The number of amides is 1. The van der Waals surface area contributed by atoms with E-state index in [2.05, 4.69) is 33.3 Å². The highest BCUT2D eigenvalue weighted by molar-refractivity contribution is 5.75. The number of hydrogen-bond donors (Lipinski definition) is 1. The maximum atomic E-state index is 12.3. The number of hydrogen-bond acceptors (Lipinski definition) is 3. The molecule has 0 fully saturated rings. The van der Waals surface area contributed by atoms with Crippen molar-refractivity contribution in [3.63, 3.8) is 0 Å². The van der Waals surface area contributed by atoms with Gasteiger partial charge in [-0.3, -0.25) is 4.79 Å². The highest BCUT2D eigenvalue weighted by Crippen LogP contribution is 2.14. The van der Waals surface area contributed by atoms with Gasteiger partial charge in [-0.2, -0.15) is 0 Å². The van der Waals surface area contributed by atoms with E-state index in [-0.39, 0.29) is 11.9 Å². The molecule has 0 unspecified atom stereocenters. The SMILES string of the molecule is CCCCCCCCCCCCCCCCCC(=O)NCCC[N+](C)(C)CC(=O)OCCCCCCCCCCCCCC. The van der Waals surface area contributed by atoms with Crippen molar-refractivity contribution < 1.29 is 18.8 Å². The second-order valence-electron chi connectivity index (χ2n) is 14.3. The minimum absolute atomic E-state index is 0.102. The molecule has 0 aliphatic rings. The number of likely N-dealkylation sites (N-methyl/N-ethyl adjacent to an activating group) is 1. The summed E-state index contributed by atoms with van der Waals surface area (Å²) in [6.07, 6.45) is 37.4. The maximum absolute atomic E-state index is 12.3. The molecule has 0 heterocycles. The smallest absolute Gasteiger partial charge is 0.361 e. The van der Waals surface area contributed by atoms with E-state index in [0.717, 1.165) is 38.6 Å². The second-order valence-corrected chi connectivity index (χ2v) is 14.3. The van der Waals surface area contributed by atoms with Gasteiger partial charge in [0.15, 0.2) is 6.54 Å². The predicted octanol–water partition coefficient (Wildman–Crippen LogP) is 11.1.